The summed E-state index contributed by atoms with van der Waals surface area (Å²) in [7, 11) is 2.21. The van der Waals surface area contributed by atoms with Gasteiger partial charge < -0.3 is 19.9 Å². The van der Waals surface area contributed by atoms with E-state index in [0.717, 1.165) is 51.5 Å². The summed E-state index contributed by atoms with van der Waals surface area (Å²) in [5.74, 6) is 0.740. The number of esters is 1. The van der Waals surface area contributed by atoms with Crippen LogP contribution >= 0.6 is 24.0 Å². The molecule has 0 saturated carbocycles. The molecule has 1 atom stereocenters. The normalized spacial score (nSPS) is 20.6. The average Bonchev–Trinajstić information content (AvgIpc) is 3.01. The van der Waals surface area contributed by atoms with E-state index in [1.54, 1.807) is 0 Å². The molecule has 2 saturated heterocycles. The molecule has 8 heteroatoms. The highest BCUT2D eigenvalue weighted by Crippen LogP contribution is 2.18. The minimum absolute atomic E-state index is 0. The number of piperidine rings is 1. The highest BCUT2D eigenvalue weighted by Gasteiger charge is 2.28. The van der Waals surface area contributed by atoms with Crippen molar-refractivity contribution in [3.8, 4) is 0 Å². The van der Waals surface area contributed by atoms with Crippen LogP contribution in [0.1, 0.15) is 44.2 Å². The number of likely N-dealkylation sites (tertiary alicyclic amines) is 1. The van der Waals surface area contributed by atoms with Crippen molar-refractivity contribution in [2.75, 3.05) is 59.5 Å². The molecule has 2 aliphatic heterocycles. The average molecular weight is 572 g/mol. The fraction of sp³-hybridized carbons (Fsp3) is 0.680. The molecular formula is C25H42IN5O2. The molecule has 0 bridgehead atoms. The number of nitrogens with zero attached hydrogens (tertiary/aromatic N) is 4. The highest BCUT2D eigenvalue weighted by atomic mass is 127. The molecular weight excluding hydrogens is 529 g/mol. The first-order chi connectivity index (χ1) is 15.6. The van der Waals surface area contributed by atoms with Crippen LogP contribution in [0.5, 0.6) is 0 Å². The molecule has 0 amide bonds. The van der Waals surface area contributed by atoms with E-state index in [2.05, 4.69) is 58.3 Å². The van der Waals surface area contributed by atoms with Gasteiger partial charge in [-0.2, -0.15) is 0 Å². The number of rotatable bonds is 7. The molecule has 1 aromatic carbocycles. The highest BCUT2D eigenvalue weighted by molar-refractivity contribution is 14.0. The van der Waals surface area contributed by atoms with Gasteiger partial charge in [0.25, 0.3) is 0 Å². The molecule has 0 aliphatic carbocycles. The Labute approximate surface area is 216 Å². The summed E-state index contributed by atoms with van der Waals surface area (Å²) in [5, 5.41) is 3.40. The number of ether oxygens (including phenoxy) is 1. The lowest BCUT2D eigenvalue weighted by Gasteiger charge is -2.34. The molecule has 0 aromatic heterocycles. The number of aliphatic imine (C=N–C) groups is 1. The number of nitrogens with one attached hydrogen (secondary N) is 1. The van der Waals surface area contributed by atoms with Crippen molar-refractivity contribution in [2.24, 2.45) is 10.9 Å². The minimum Gasteiger partial charge on any atom is -0.466 e. The molecule has 2 fully saturated rings. The van der Waals surface area contributed by atoms with Crippen LogP contribution in [0.2, 0.25) is 0 Å². The van der Waals surface area contributed by atoms with Gasteiger partial charge in [0.15, 0.2) is 5.96 Å². The monoisotopic (exact) mass is 571 g/mol. The van der Waals surface area contributed by atoms with E-state index in [9.17, 15) is 4.79 Å². The second-order valence-electron chi connectivity index (χ2n) is 8.96. The van der Waals surface area contributed by atoms with Crippen LogP contribution in [0.4, 0.5) is 0 Å². The van der Waals surface area contributed by atoms with Gasteiger partial charge in [0.2, 0.25) is 0 Å². The van der Waals surface area contributed by atoms with Crippen molar-refractivity contribution in [2.45, 2.75) is 46.2 Å². The summed E-state index contributed by atoms with van der Waals surface area (Å²) in [6.07, 6.45) is 3.11. The third-order valence-electron chi connectivity index (χ3n) is 6.33. The van der Waals surface area contributed by atoms with E-state index in [-0.39, 0.29) is 35.9 Å². The smallest absolute Gasteiger partial charge is 0.310 e. The van der Waals surface area contributed by atoms with Crippen LogP contribution in [0.15, 0.2) is 29.3 Å². The van der Waals surface area contributed by atoms with E-state index in [1.165, 1.54) is 30.6 Å². The zero-order valence-electron chi connectivity index (χ0n) is 20.6. The van der Waals surface area contributed by atoms with Crippen LogP contribution in [0.3, 0.4) is 0 Å². The van der Waals surface area contributed by atoms with Gasteiger partial charge in [-0.25, -0.2) is 4.99 Å². The van der Waals surface area contributed by atoms with E-state index in [0.29, 0.717) is 19.7 Å². The zero-order valence-corrected chi connectivity index (χ0v) is 22.9. The van der Waals surface area contributed by atoms with Crippen molar-refractivity contribution < 1.29 is 9.53 Å². The van der Waals surface area contributed by atoms with E-state index < -0.39 is 0 Å². The maximum atomic E-state index is 12.2. The van der Waals surface area contributed by atoms with Crippen LogP contribution in [-0.4, -0.2) is 86.1 Å². The Kier molecular flexibility index (Phi) is 12.5. The largest absolute Gasteiger partial charge is 0.466 e. The number of hydrogen-bond donors (Lipinski definition) is 1. The second-order valence-corrected chi connectivity index (χ2v) is 8.96. The van der Waals surface area contributed by atoms with E-state index >= 15 is 0 Å². The fourth-order valence-corrected chi connectivity index (χ4v) is 4.48. The topological polar surface area (TPSA) is 60.4 Å². The molecule has 33 heavy (non-hydrogen) atoms. The molecule has 0 radical (unpaired) electrons. The van der Waals surface area contributed by atoms with Crippen molar-refractivity contribution in [1.82, 2.24) is 20.0 Å². The van der Waals surface area contributed by atoms with Gasteiger partial charge in [-0.3, -0.25) is 9.69 Å². The zero-order chi connectivity index (χ0) is 22.8. The maximum Gasteiger partial charge on any atom is 0.310 e. The summed E-state index contributed by atoms with van der Waals surface area (Å²) in [5.41, 5.74) is 2.57. The van der Waals surface area contributed by atoms with Gasteiger partial charge in [0.1, 0.15) is 0 Å². The van der Waals surface area contributed by atoms with E-state index in [1.807, 2.05) is 6.92 Å². The lowest BCUT2D eigenvalue weighted by molar-refractivity contribution is -0.149. The Balaban J connectivity index is 0.00000385. The molecule has 1 aromatic rings. The first-order valence-corrected chi connectivity index (χ1v) is 12.3. The van der Waals surface area contributed by atoms with Gasteiger partial charge >= 0.3 is 5.97 Å². The van der Waals surface area contributed by atoms with Crippen LogP contribution in [0.25, 0.3) is 0 Å². The third kappa shape index (κ3) is 9.05. The van der Waals surface area contributed by atoms with Gasteiger partial charge in [-0.15, -0.1) is 24.0 Å². The molecule has 1 N–H and O–H groups in total. The molecule has 0 spiro atoms. The lowest BCUT2D eigenvalue weighted by Crippen LogP contribution is -2.48. The third-order valence-corrected chi connectivity index (χ3v) is 6.33. The number of carbonyl (C=O) groups excluding carboxylic acids is 1. The Hall–Kier alpha value is -1.39. The summed E-state index contributed by atoms with van der Waals surface area (Å²) in [6.45, 7) is 13.1. The summed E-state index contributed by atoms with van der Waals surface area (Å²) < 4.78 is 5.24. The van der Waals surface area contributed by atoms with E-state index in [4.69, 9.17) is 9.73 Å². The number of guanidine groups is 1. The van der Waals surface area contributed by atoms with Gasteiger partial charge in [0.05, 0.1) is 19.1 Å². The summed E-state index contributed by atoms with van der Waals surface area (Å²) in [6, 6.07) is 8.88. The van der Waals surface area contributed by atoms with Crippen molar-refractivity contribution in [1.29, 1.82) is 0 Å². The predicted octanol–water partition coefficient (Wildman–Crippen LogP) is 3.18. The van der Waals surface area contributed by atoms with Crippen LogP contribution in [-0.2, 0) is 22.6 Å². The molecule has 7 nitrogen and oxygen atoms in total. The summed E-state index contributed by atoms with van der Waals surface area (Å²) >= 11 is 0. The Morgan fingerprint density at radius 1 is 1.06 bits per heavy atom. The number of halogens is 1. The standard InChI is InChI=1S/C25H41N5O2.HI/c1-4-26-25(30-15-6-8-23(20-30)24(31)32-5-2)27-18-21-9-11-22(12-10-21)19-29-14-7-13-28(3)16-17-29;/h9-12,23H,4-8,13-20H2,1-3H3,(H,26,27);1H/t23-;/m0./s1. The number of carbonyl (C=O) groups is 1. The van der Waals surface area contributed by atoms with Crippen LogP contribution < -0.4 is 5.32 Å². The van der Waals surface area contributed by atoms with Gasteiger partial charge in [-0.05, 0) is 64.4 Å². The van der Waals surface area contributed by atoms with Crippen molar-refractivity contribution in [3.05, 3.63) is 35.4 Å². The first-order valence-electron chi connectivity index (χ1n) is 12.3. The number of likely N-dealkylation sites (N-methyl/N-ethyl adjacent to an activating group) is 1. The molecule has 2 aliphatic rings. The van der Waals surface area contributed by atoms with Crippen molar-refractivity contribution >= 4 is 35.9 Å². The van der Waals surface area contributed by atoms with Crippen LogP contribution in [0, 0.1) is 5.92 Å². The fourth-order valence-electron chi connectivity index (χ4n) is 4.48. The molecule has 3 rings (SSSR count). The molecule has 0 unspecified atom stereocenters. The molecule has 186 valence electrons. The first kappa shape index (κ1) is 27.9. The Morgan fingerprint density at radius 2 is 1.82 bits per heavy atom. The van der Waals surface area contributed by atoms with Crippen molar-refractivity contribution in [3.63, 3.8) is 0 Å². The number of benzene rings is 1. The quantitative estimate of drug-likeness (QED) is 0.235. The predicted molar refractivity (Wildman–Crippen MR) is 145 cm³/mol. The minimum atomic E-state index is -0.0836. The SMILES string of the molecule is CCNC(=NCc1ccc(CN2CCCN(C)CC2)cc1)N1CCC[C@H](C(=O)OCC)C1.I. The second kappa shape index (κ2) is 14.8. The molecule has 2 heterocycles. The van der Waals surface area contributed by atoms with Gasteiger partial charge in [0, 0.05) is 39.3 Å². The Morgan fingerprint density at radius 3 is 2.55 bits per heavy atom. The van der Waals surface area contributed by atoms with Gasteiger partial charge in [-0.1, -0.05) is 24.3 Å². The summed E-state index contributed by atoms with van der Waals surface area (Å²) in [4.78, 5) is 24.3. The number of hydrogen-bond acceptors (Lipinski definition) is 5. The lowest BCUT2D eigenvalue weighted by atomic mass is 9.98. The Bertz CT molecular complexity index is 743. The maximum absolute atomic E-state index is 12.2.